The lowest BCUT2D eigenvalue weighted by atomic mass is 10.1. The number of Topliss-reactive ketones (excluding diaryl/α,β-unsaturated/α-hetero) is 1. The molecular formula is C23H17ClN4OS2. The molecule has 0 bridgehead atoms. The van der Waals surface area contributed by atoms with Gasteiger partial charge >= 0.3 is 0 Å². The maximum atomic E-state index is 12.8. The number of thiazole rings is 1. The van der Waals surface area contributed by atoms with Crippen LogP contribution in [0.25, 0.3) is 16.9 Å². The predicted molar refractivity (Wildman–Crippen MR) is 125 cm³/mol. The highest BCUT2D eigenvalue weighted by molar-refractivity contribution is 7.99. The number of thioether (sulfide) groups is 1. The van der Waals surface area contributed by atoms with Crippen molar-refractivity contribution < 1.29 is 4.79 Å². The van der Waals surface area contributed by atoms with Gasteiger partial charge in [-0.25, -0.2) is 9.97 Å². The SMILES string of the molecule is Cc1csc(C(C#N)C(=O)CSc2ncc(-c3ccccc3)n2-c2cccc(Cl)c2)n1. The lowest BCUT2D eigenvalue weighted by Crippen LogP contribution is -2.13. The highest BCUT2D eigenvalue weighted by atomic mass is 35.5. The number of nitriles is 1. The molecule has 31 heavy (non-hydrogen) atoms. The Balaban J connectivity index is 1.65. The summed E-state index contributed by atoms with van der Waals surface area (Å²) in [5.41, 5.74) is 3.56. The molecule has 2 aromatic heterocycles. The first-order valence-electron chi connectivity index (χ1n) is 9.43. The van der Waals surface area contributed by atoms with E-state index in [1.54, 1.807) is 6.20 Å². The normalized spacial score (nSPS) is 11.8. The van der Waals surface area contributed by atoms with Crippen molar-refractivity contribution in [2.75, 3.05) is 5.75 Å². The summed E-state index contributed by atoms with van der Waals surface area (Å²) in [4.78, 5) is 21.7. The summed E-state index contributed by atoms with van der Waals surface area (Å²) < 4.78 is 1.98. The molecule has 8 heteroatoms. The van der Waals surface area contributed by atoms with Gasteiger partial charge < -0.3 is 0 Å². The van der Waals surface area contributed by atoms with Crippen molar-refractivity contribution in [2.45, 2.75) is 18.0 Å². The van der Waals surface area contributed by atoms with Gasteiger partial charge in [0.25, 0.3) is 0 Å². The molecule has 1 unspecified atom stereocenters. The van der Waals surface area contributed by atoms with Crippen LogP contribution in [0.3, 0.4) is 0 Å². The van der Waals surface area contributed by atoms with Crippen LogP contribution in [0.1, 0.15) is 16.6 Å². The largest absolute Gasteiger partial charge is 0.297 e. The van der Waals surface area contributed by atoms with E-state index in [1.165, 1.54) is 23.1 Å². The van der Waals surface area contributed by atoms with Crippen LogP contribution in [-0.4, -0.2) is 26.1 Å². The van der Waals surface area contributed by atoms with E-state index in [2.05, 4.69) is 16.0 Å². The fourth-order valence-corrected chi connectivity index (χ4v) is 5.05. The molecule has 0 saturated carbocycles. The third-order valence-corrected chi connectivity index (χ3v) is 6.78. The average molecular weight is 465 g/mol. The molecule has 2 heterocycles. The summed E-state index contributed by atoms with van der Waals surface area (Å²) >= 11 is 8.87. The van der Waals surface area contributed by atoms with E-state index in [0.29, 0.717) is 15.2 Å². The second-order valence-corrected chi connectivity index (χ2v) is 9.02. The summed E-state index contributed by atoms with van der Waals surface area (Å²) in [5, 5.41) is 13.2. The number of hydrogen-bond donors (Lipinski definition) is 0. The Labute approximate surface area is 193 Å². The number of nitrogens with zero attached hydrogens (tertiary/aromatic N) is 4. The van der Waals surface area contributed by atoms with Gasteiger partial charge in [-0.05, 0) is 25.1 Å². The van der Waals surface area contributed by atoms with Gasteiger partial charge in [-0.1, -0.05) is 59.8 Å². The molecule has 1 atom stereocenters. The van der Waals surface area contributed by atoms with Crippen molar-refractivity contribution in [3.05, 3.63) is 81.9 Å². The summed E-state index contributed by atoms with van der Waals surface area (Å²) in [6.45, 7) is 1.85. The molecule has 0 aliphatic heterocycles. The molecule has 0 amide bonds. The van der Waals surface area contributed by atoms with Crippen LogP contribution in [0.15, 0.2) is 71.3 Å². The maximum Gasteiger partial charge on any atom is 0.173 e. The van der Waals surface area contributed by atoms with Crippen LogP contribution in [0.2, 0.25) is 5.02 Å². The van der Waals surface area contributed by atoms with E-state index >= 15 is 0 Å². The summed E-state index contributed by atoms with van der Waals surface area (Å²) in [6, 6.07) is 19.5. The van der Waals surface area contributed by atoms with Gasteiger partial charge in [-0.2, -0.15) is 5.26 Å². The number of halogens is 1. The predicted octanol–water partition coefficient (Wildman–Crippen LogP) is 5.93. The fourth-order valence-electron chi connectivity index (χ4n) is 3.10. The van der Waals surface area contributed by atoms with Crippen LogP contribution in [-0.2, 0) is 4.79 Å². The first-order valence-corrected chi connectivity index (χ1v) is 11.7. The lowest BCUT2D eigenvalue weighted by molar-refractivity contribution is -0.116. The average Bonchev–Trinajstić information content (AvgIpc) is 3.40. The molecule has 0 spiro atoms. The van der Waals surface area contributed by atoms with Gasteiger partial charge in [0.15, 0.2) is 16.9 Å². The van der Waals surface area contributed by atoms with E-state index < -0.39 is 5.92 Å². The molecular weight excluding hydrogens is 448 g/mol. The molecule has 0 radical (unpaired) electrons. The van der Waals surface area contributed by atoms with Crippen LogP contribution in [0.5, 0.6) is 0 Å². The first-order chi connectivity index (χ1) is 15.1. The topological polar surface area (TPSA) is 71.6 Å². The molecule has 0 fully saturated rings. The van der Waals surface area contributed by atoms with Gasteiger partial charge in [0.05, 0.1) is 23.7 Å². The molecule has 4 aromatic rings. The first kappa shape index (κ1) is 21.3. The Morgan fingerprint density at radius 1 is 1.26 bits per heavy atom. The number of imidazole rings is 1. The summed E-state index contributed by atoms with van der Waals surface area (Å²) in [6.07, 6.45) is 1.79. The minimum absolute atomic E-state index is 0.114. The minimum Gasteiger partial charge on any atom is -0.297 e. The number of carbonyl (C=O) groups is 1. The molecule has 4 rings (SSSR count). The minimum atomic E-state index is -0.866. The van der Waals surface area contributed by atoms with Gasteiger partial charge in [0.1, 0.15) is 5.01 Å². The molecule has 0 aliphatic carbocycles. The van der Waals surface area contributed by atoms with Crippen LogP contribution in [0, 0.1) is 18.3 Å². The fraction of sp³-hybridized carbons (Fsp3) is 0.130. The number of rotatable bonds is 7. The number of benzene rings is 2. The summed E-state index contributed by atoms with van der Waals surface area (Å²) in [5.74, 6) is -0.944. The zero-order valence-corrected chi connectivity index (χ0v) is 18.9. The molecule has 0 saturated heterocycles. The van der Waals surface area contributed by atoms with E-state index in [9.17, 15) is 10.1 Å². The quantitative estimate of drug-likeness (QED) is 0.317. The van der Waals surface area contributed by atoms with Gasteiger partial charge in [0, 0.05) is 27.3 Å². The van der Waals surface area contributed by atoms with Crippen molar-refractivity contribution in [3.63, 3.8) is 0 Å². The number of aryl methyl sites for hydroxylation is 1. The lowest BCUT2D eigenvalue weighted by Gasteiger charge is -2.13. The van der Waals surface area contributed by atoms with E-state index in [-0.39, 0.29) is 11.5 Å². The van der Waals surface area contributed by atoms with Crippen LogP contribution in [0.4, 0.5) is 0 Å². The number of hydrogen-bond acceptors (Lipinski definition) is 6. The molecule has 154 valence electrons. The Morgan fingerprint density at radius 2 is 2.06 bits per heavy atom. The third kappa shape index (κ3) is 4.72. The third-order valence-electron chi connectivity index (χ3n) is 4.54. The van der Waals surface area contributed by atoms with Gasteiger partial charge in [-0.15, -0.1) is 11.3 Å². The van der Waals surface area contributed by atoms with Crippen molar-refractivity contribution in [1.29, 1.82) is 5.26 Å². The second-order valence-electron chi connectivity index (χ2n) is 6.75. The molecule has 0 aliphatic rings. The number of carbonyl (C=O) groups excluding carboxylic acids is 1. The molecule has 0 N–H and O–H groups in total. The highest BCUT2D eigenvalue weighted by Crippen LogP contribution is 2.32. The van der Waals surface area contributed by atoms with Gasteiger partial charge in [0.2, 0.25) is 0 Å². The zero-order chi connectivity index (χ0) is 21.8. The van der Waals surface area contributed by atoms with E-state index in [4.69, 9.17) is 11.6 Å². The van der Waals surface area contributed by atoms with Crippen LogP contribution >= 0.6 is 34.7 Å². The van der Waals surface area contributed by atoms with Crippen molar-refractivity contribution in [1.82, 2.24) is 14.5 Å². The second kappa shape index (κ2) is 9.48. The van der Waals surface area contributed by atoms with Crippen LogP contribution < -0.4 is 0 Å². The van der Waals surface area contributed by atoms with Gasteiger partial charge in [-0.3, -0.25) is 9.36 Å². The standard InChI is InChI=1S/C23H17ClN4OS2/c1-15-13-30-22(27-15)19(11-25)21(29)14-31-23-26-12-20(16-6-3-2-4-7-16)28(23)18-9-5-8-17(24)10-18/h2-10,12-13,19H,14H2,1H3. The Bertz CT molecular complexity index is 1260. The highest BCUT2D eigenvalue weighted by Gasteiger charge is 2.24. The number of aromatic nitrogens is 3. The smallest absolute Gasteiger partial charge is 0.173 e. The Hall–Kier alpha value is -2.92. The van der Waals surface area contributed by atoms with Crippen molar-refractivity contribution in [2.24, 2.45) is 0 Å². The monoisotopic (exact) mass is 464 g/mol. The Kier molecular flexibility index (Phi) is 6.52. The zero-order valence-electron chi connectivity index (χ0n) is 16.5. The molecule has 2 aromatic carbocycles. The number of ketones is 1. The van der Waals surface area contributed by atoms with E-state index in [1.807, 2.05) is 71.5 Å². The maximum absolute atomic E-state index is 12.8. The summed E-state index contributed by atoms with van der Waals surface area (Å²) in [7, 11) is 0. The van der Waals surface area contributed by atoms with E-state index in [0.717, 1.165) is 22.6 Å². The Morgan fingerprint density at radius 3 is 2.74 bits per heavy atom. The van der Waals surface area contributed by atoms with Crippen molar-refractivity contribution >= 4 is 40.5 Å². The molecule has 5 nitrogen and oxygen atoms in total. The van der Waals surface area contributed by atoms with Crippen molar-refractivity contribution in [3.8, 4) is 23.0 Å².